The van der Waals surface area contributed by atoms with Crippen molar-refractivity contribution < 1.29 is 19.1 Å². The molecule has 1 aromatic heterocycles. The molecule has 0 saturated heterocycles. The average molecular weight is 455 g/mol. The predicted molar refractivity (Wildman–Crippen MR) is 132 cm³/mol. The van der Waals surface area contributed by atoms with E-state index in [1.807, 2.05) is 55.5 Å². The van der Waals surface area contributed by atoms with Gasteiger partial charge in [0.25, 0.3) is 5.91 Å². The van der Waals surface area contributed by atoms with E-state index in [0.717, 1.165) is 33.0 Å². The Morgan fingerprint density at radius 3 is 2.44 bits per heavy atom. The highest BCUT2D eigenvalue weighted by molar-refractivity contribution is 5.98. The van der Waals surface area contributed by atoms with Gasteiger partial charge in [-0.05, 0) is 41.8 Å². The van der Waals surface area contributed by atoms with E-state index in [-0.39, 0.29) is 25.5 Å². The van der Waals surface area contributed by atoms with Crippen LogP contribution in [0.5, 0.6) is 5.75 Å². The highest BCUT2D eigenvalue weighted by Crippen LogP contribution is 2.33. The number of aromatic nitrogens is 1. The van der Waals surface area contributed by atoms with Crippen LogP contribution < -0.4 is 10.1 Å². The van der Waals surface area contributed by atoms with Gasteiger partial charge in [0.2, 0.25) is 0 Å². The lowest BCUT2D eigenvalue weighted by atomic mass is 9.98. The van der Waals surface area contributed by atoms with E-state index in [4.69, 9.17) is 9.47 Å². The third-order valence-electron chi connectivity index (χ3n) is 5.48. The smallest absolute Gasteiger partial charge is 0.325 e. The minimum atomic E-state index is -0.507. The van der Waals surface area contributed by atoms with E-state index in [2.05, 4.69) is 34.6 Å². The second-order valence-corrected chi connectivity index (χ2v) is 7.80. The number of hydrogen-bond acceptors (Lipinski definition) is 5. The summed E-state index contributed by atoms with van der Waals surface area (Å²) in [6, 6.07) is 24.0. The zero-order valence-electron chi connectivity index (χ0n) is 19.2. The summed E-state index contributed by atoms with van der Waals surface area (Å²) in [6.45, 7) is 3.92. The number of amides is 1. The van der Waals surface area contributed by atoms with Crippen LogP contribution in [0, 0.1) is 6.92 Å². The fourth-order valence-electron chi connectivity index (χ4n) is 3.75. The molecular weight excluding hydrogens is 428 g/mol. The number of hydrogen-bond donors (Lipinski definition) is 1. The fourth-order valence-corrected chi connectivity index (χ4v) is 3.75. The van der Waals surface area contributed by atoms with Gasteiger partial charge >= 0.3 is 5.97 Å². The molecule has 1 heterocycles. The molecule has 0 aliphatic rings. The maximum absolute atomic E-state index is 12.9. The summed E-state index contributed by atoms with van der Waals surface area (Å²) in [5, 5.41) is 4.84. The number of pyridine rings is 1. The number of nitrogens with zero attached hydrogens (tertiary/aromatic N) is 1. The van der Waals surface area contributed by atoms with E-state index in [9.17, 15) is 9.59 Å². The minimum Gasteiger partial charge on any atom is -0.486 e. The largest absolute Gasteiger partial charge is 0.486 e. The molecule has 0 fully saturated rings. The Labute approximate surface area is 198 Å². The molecule has 4 rings (SSSR count). The van der Waals surface area contributed by atoms with Gasteiger partial charge in [0.05, 0.1) is 6.61 Å². The van der Waals surface area contributed by atoms with E-state index in [1.54, 1.807) is 13.1 Å². The Balaban J connectivity index is 1.69. The maximum atomic E-state index is 12.9. The van der Waals surface area contributed by atoms with Crippen molar-refractivity contribution in [1.29, 1.82) is 0 Å². The second-order valence-electron chi connectivity index (χ2n) is 7.80. The van der Waals surface area contributed by atoms with Crippen molar-refractivity contribution in [3.05, 3.63) is 95.8 Å². The lowest BCUT2D eigenvalue weighted by molar-refractivity contribution is -0.141. The van der Waals surface area contributed by atoms with E-state index < -0.39 is 11.9 Å². The van der Waals surface area contributed by atoms with Gasteiger partial charge in [-0.1, -0.05) is 66.7 Å². The van der Waals surface area contributed by atoms with E-state index in [0.29, 0.717) is 5.75 Å². The van der Waals surface area contributed by atoms with Gasteiger partial charge in [-0.2, -0.15) is 0 Å². The standard InChI is InChI=1S/C28H26N2O4/c1-3-33-25(31)17-30-28(32)26-27(34-18-20-9-5-4-6-10-20)19(2)24(16-29-26)23-14-13-21-11-7-8-12-22(21)15-23/h4-16H,3,17-18H2,1-2H3,(H,30,32). The quantitative estimate of drug-likeness (QED) is 0.376. The molecule has 0 aliphatic carbocycles. The molecule has 34 heavy (non-hydrogen) atoms. The molecule has 0 bridgehead atoms. The van der Waals surface area contributed by atoms with Crippen LogP contribution >= 0.6 is 0 Å². The van der Waals surface area contributed by atoms with Crippen molar-refractivity contribution >= 4 is 22.6 Å². The van der Waals surface area contributed by atoms with Crippen molar-refractivity contribution in [3.8, 4) is 16.9 Å². The molecule has 3 aromatic carbocycles. The summed E-state index contributed by atoms with van der Waals surface area (Å²) in [6.07, 6.45) is 1.67. The summed E-state index contributed by atoms with van der Waals surface area (Å²) >= 11 is 0. The van der Waals surface area contributed by atoms with Gasteiger partial charge in [0.15, 0.2) is 11.4 Å². The van der Waals surface area contributed by atoms with Crippen LogP contribution in [0.25, 0.3) is 21.9 Å². The first-order chi connectivity index (χ1) is 16.6. The average Bonchev–Trinajstić information content (AvgIpc) is 2.87. The van der Waals surface area contributed by atoms with Crippen LogP contribution in [0.3, 0.4) is 0 Å². The van der Waals surface area contributed by atoms with Gasteiger partial charge in [-0.15, -0.1) is 0 Å². The molecule has 0 atom stereocenters. The molecule has 6 heteroatoms. The minimum absolute atomic E-state index is 0.127. The SMILES string of the molecule is CCOC(=O)CNC(=O)c1ncc(-c2ccc3ccccc3c2)c(C)c1OCc1ccccc1. The number of rotatable bonds is 8. The van der Waals surface area contributed by atoms with Gasteiger partial charge in [0, 0.05) is 17.3 Å². The van der Waals surface area contributed by atoms with Crippen LogP contribution in [-0.2, 0) is 16.1 Å². The molecule has 0 saturated carbocycles. The molecular formula is C28H26N2O4. The molecule has 6 nitrogen and oxygen atoms in total. The zero-order valence-corrected chi connectivity index (χ0v) is 19.2. The molecule has 4 aromatic rings. The number of carbonyl (C=O) groups excluding carboxylic acids is 2. The molecule has 0 unspecified atom stereocenters. The number of esters is 1. The van der Waals surface area contributed by atoms with Gasteiger partial charge in [0.1, 0.15) is 13.2 Å². The lowest BCUT2D eigenvalue weighted by Crippen LogP contribution is -2.31. The van der Waals surface area contributed by atoms with Gasteiger partial charge < -0.3 is 14.8 Å². The maximum Gasteiger partial charge on any atom is 0.325 e. The first kappa shape index (κ1) is 23.0. The topological polar surface area (TPSA) is 77.5 Å². The molecule has 0 aliphatic heterocycles. The van der Waals surface area contributed by atoms with Crippen LogP contribution in [0.2, 0.25) is 0 Å². The third kappa shape index (κ3) is 5.23. The lowest BCUT2D eigenvalue weighted by Gasteiger charge is -2.17. The Kier molecular flexibility index (Phi) is 7.18. The van der Waals surface area contributed by atoms with Crippen LogP contribution in [0.15, 0.2) is 79.0 Å². The van der Waals surface area contributed by atoms with Crippen molar-refractivity contribution in [2.75, 3.05) is 13.2 Å². The fraction of sp³-hybridized carbons (Fsp3) is 0.179. The summed E-state index contributed by atoms with van der Waals surface area (Å²) in [5.74, 6) is -0.618. The Morgan fingerprint density at radius 1 is 0.941 bits per heavy atom. The summed E-state index contributed by atoms with van der Waals surface area (Å²) in [7, 11) is 0. The second kappa shape index (κ2) is 10.6. The zero-order chi connectivity index (χ0) is 23.9. The summed E-state index contributed by atoms with van der Waals surface area (Å²) in [4.78, 5) is 29.0. The molecule has 0 radical (unpaired) electrons. The first-order valence-corrected chi connectivity index (χ1v) is 11.2. The Hall–Kier alpha value is -4.19. The normalized spacial score (nSPS) is 10.6. The van der Waals surface area contributed by atoms with E-state index in [1.165, 1.54) is 0 Å². The molecule has 1 N–H and O–H groups in total. The van der Waals surface area contributed by atoms with Gasteiger partial charge in [-0.3, -0.25) is 9.59 Å². The van der Waals surface area contributed by atoms with Crippen molar-refractivity contribution in [3.63, 3.8) is 0 Å². The predicted octanol–water partition coefficient (Wildman–Crippen LogP) is 5.08. The van der Waals surface area contributed by atoms with Crippen LogP contribution in [0.4, 0.5) is 0 Å². The van der Waals surface area contributed by atoms with Crippen LogP contribution in [-0.4, -0.2) is 30.0 Å². The van der Waals surface area contributed by atoms with Gasteiger partial charge in [-0.25, -0.2) is 4.98 Å². The van der Waals surface area contributed by atoms with Crippen molar-refractivity contribution in [2.24, 2.45) is 0 Å². The van der Waals surface area contributed by atoms with E-state index >= 15 is 0 Å². The first-order valence-electron chi connectivity index (χ1n) is 11.2. The highest BCUT2D eigenvalue weighted by atomic mass is 16.5. The number of carbonyl (C=O) groups is 2. The summed E-state index contributed by atoms with van der Waals surface area (Å²) in [5.41, 5.74) is 3.74. The van der Waals surface area contributed by atoms with Crippen molar-refractivity contribution in [1.82, 2.24) is 10.3 Å². The Morgan fingerprint density at radius 2 is 1.68 bits per heavy atom. The Bertz CT molecular complexity index is 1320. The van der Waals surface area contributed by atoms with Crippen LogP contribution in [0.1, 0.15) is 28.5 Å². The molecule has 0 spiro atoms. The third-order valence-corrected chi connectivity index (χ3v) is 5.48. The number of benzene rings is 3. The molecule has 172 valence electrons. The van der Waals surface area contributed by atoms with Crippen molar-refractivity contribution in [2.45, 2.75) is 20.5 Å². The summed E-state index contributed by atoms with van der Waals surface area (Å²) < 4.78 is 11.0. The number of ether oxygens (including phenoxy) is 2. The monoisotopic (exact) mass is 454 g/mol. The molecule has 1 amide bonds. The number of nitrogens with one attached hydrogen (secondary N) is 1. The highest BCUT2D eigenvalue weighted by Gasteiger charge is 2.21. The number of fused-ring (bicyclic) bond motifs is 1.